The Balaban J connectivity index is 1.41. The number of hydrogen-bond donors (Lipinski definition) is 0. The number of rotatable bonds is 7. The van der Waals surface area contributed by atoms with Gasteiger partial charge in [-0.25, -0.2) is 13.4 Å². The van der Waals surface area contributed by atoms with Crippen molar-refractivity contribution in [1.29, 1.82) is 0 Å². The number of carbonyl (C=O) groups is 1. The van der Waals surface area contributed by atoms with Crippen LogP contribution in [0.1, 0.15) is 55.3 Å². The molecule has 1 amide bonds. The van der Waals surface area contributed by atoms with Crippen LogP contribution < -0.4 is 4.90 Å². The molecule has 7 nitrogen and oxygen atoms in total. The highest BCUT2D eigenvalue weighted by Crippen LogP contribution is 2.33. The van der Waals surface area contributed by atoms with Crippen LogP contribution in [0, 0.1) is 0 Å². The molecule has 2 fully saturated rings. The Morgan fingerprint density at radius 1 is 1.08 bits per heavy atom. The molecule has 1 saturated heterocycles. The van der Waals surface area contributed by atoms with Crippen molar-refractivity contribution in [3.8, 4) is 0 Å². The summed E-state index contributed by atoms with van der Waals surface area (Å²) in [5, 5.41) is 0.609. The largest absolute Gasteiger partial charge is 0.376 e. The van der Waals surface area contributed by atoms with E-state index in [2.05, 4.69) is 15.9 Å². The van der Waals surface area contributed by atoms with E-state index in [4.69, 9.17) is 9.72 Å². The van der Waals surface area contributed by atoms with Crippen molar-refractivity contribution < 1.29 is 17.9 Å². The van der Waals surface area contributed by atoms with E-state index in [1.165, 1.54) is 15.6 Å². The zero-order valence-electron chi connectivity index (χ0n) is 20.2. The zero-order chi connectivity index (χ0) is 25.3. The van der Waals surface area contributed by atoms with Gasteiger partial charge in [-0.2, -0.15) is 4.31 Å². The summed E-state index contributed by atoms with van der Waals surface area (Å²) in [6, 6.07) is 12.2. The van der Waals surface area contributed by atoms with Crippen LogP contribution in [0.15, 0.2) is 51.8 Å². The molecule has 2 aromatic carbocycles. The fourth-order valence-electron chi connectivity index (χ4n) is 4.97. The fraction of sp³-hybridized carbons (Fsp3) is 0.462. The molecule has 1 aliphatic carbocycles. The third-order valence-corrected chi connectivity index (χ3v) is 10.6. The van der Waals surface area contributed by atoms with Gasteiger partial charge in [-0.3, -0.25) is 9.69 Å². The molecule has 1 aromatic heterocycles. The number of sulfonamides is 1. The summed E-state index contributed by atoms with van der Waals surface area (Å²) < 4.78 is 35.7. The number of anilines is 1. The first-order chi connectivity index (χ1) is 17.3. The molecule has 5 rings (SSSR count). The SMILES string of the molecule is CN(C1CCCCC1)S(=O)(=O)c1ccc(C(=O)N(CC2CCCO2)c2nc3ccc(Br)cc3s2)cc1. The number of nitrogens with zero attached hydrogens (tertiary/aromatic N) is 3. The third kappa shape index (κ3) is 5.38. The lowest BCUT2D eigenvalue weighted by atomic mass is 9.96. The lowest BCUT2D eigenvalue weighted by Crippen LogP contribution is -2.38. The van der Waals surface area contributed by atoms with Crippen molar-refractivity contribution in [3.05, 3.63) is 52.5 Å². The summed E-state index contributed by atoms with van der Waals surface area (Å²) in [6.45, 7) is 1.10. The smallest absolute Gasteiger partial charge is 0.260 e. The van der Waals surface area contributed by atoms with Crippen molar-refractivity contribution in [3.63, 3.8) is 0 Å². The van der Waals surface area contributed by atoms with Gasteiger partial charge in [0.05, 0.1) is 27.8 Å². The Hall–Kier alpha value is -1.85. The van der Waals surface area contributed by atoms with Gasteiger partial charge in [0.15, 0.2) is 5.13 Å². The maximum Gasteiger partial charge on any atom is 0.260 e. The number of benzene rings is 2. The second-order valence-electron chi connectivity index (χ2n) is 9.50. The highest BCUT2D eigenvalue weighted by atomic mass is 79.9. The molecule has 3 aromatic rings. The first-order valence-corrected chi connectivity index (χ1v) is 15.5. The third-order valence-electron chi connectivity index (χ3n) is 7.09. The number of fused-ring (bicyclic) bond motifs is 1. The Kier molecular flexibility index (Phi) is 7.78. The van der Waals surface area contributed by atoms with E-state index < -0.39 is 10.0 Å². The average molecular weight is 593 g/mol. The molecule has 192 valence electrons. The van der Waals surface area contributed by atoms with Gasteiger partial charge in [0.1, 0.15) is 0 Å². The lowest BCUT2D eigenvalue weighted by Gasteiger charge is -2.30. The highest BCUT2D eigenvalue weighted by molar-refractivity contribution is 9.10. The number of thiazole rings is 1. The predicted octanol–water partition coefficient (Wildman–Crippen LogP) is 5.84. The molecule has 0 N–H and O–H groups in total. The van der Waals surface area contributed by atoms with Crippen LogP contribution in [0.4, 0.5) is 5.13 Å². The van der Waals surface area contributed by atoms with E-state index in [0.717, 1.165) is 59.6 Å². The first kappa shape index (κ1) is 25.8. The molecule has 0 bridgehead atoms. The number of aromatic nitrogens is 1. The standard InChI is InChI=1S/C26H30BrN3O4S2/c1-29(20-6-3-2-4-7-20)36(32,33)22-12-9-18(10-13-22)25(31)30(17-21-8-5-15-34-21)26-28-23-14-11-19(27)16-24(23)35-26/h9-14,16,20-21H,2-8,15,17H2,1H3. The summed E-state index contributed by atoms with van der Waals surface area (Å²) >= 11 is 4.96. The average Bonchev–Trinajstić information content (AvgIpc) is 3.56. The van der Waals surface area contributed by atoms with Crippen molar-refractivity contribution >= 4 is 58.5 Å². The molecule has 1 unspecified atom stereocenters. The van der Waals surface area contributed by atoms with Gasteiger partial charge in [-0.05, 0) is 68.1 Å². The molecule has 36 heavy (non-hydrogen) atoms. The molecular formula is C26H30BrN3O4S2. The maximum absolute atomic E-state index is 13.7. The van der Waals surface area contributed by atoms with Gasteiger partial charge >= 0.3 is 0 Å². The maximum atomic E-state index is 13.7. The Morgan fingerprint density at radius 2 is 1.83 bits per heavy atom. The second-order valence-corrected chi connectivity index (χ2v) is 13.4. The number of ether oxygens (including phenoxy) is 1. The molecule has 0 radical (unpaired) electrons. The first-order valence-electron chi connectivity index (χ1n) is 12.4. The monoisotopic (exact) mass is 591 g/mol. The van der Waals surface area contributed by atoms with Crippen LogP contribution >= 0.6 is 27.3 Å². The summed E-state index contributed by atoms with van der Waals surface area (Å²) in [4.78, 5) is 20.3. The number of carbonyl (C=O) groups excluding carboxylic acids is 1. The molecular weight excluding hydrogens is 562 g/mol. The molecule has 1 saturated carbocycles. The number of halogens is 1. The van der Waals surface area contributed by atoms with E-state index in [9.17, 15) is 13.2 Å². The van der Waals surface area contributed by atoms with E-state index in [1.807, 2.05) is 18.2 Å². The quantitative estimate of drug-likeness (QED) is 0.345. The molecule has 1 aliphatic heterocycles. The predicted molar refractivity (Wildman–Crippen MR) is 146 cm³/mol. The van der Waals surface area contributed by atoms with Crippen LogP contribution in [-0.2, 0) is 14.8 Å². The summed E-state index contributed by atoms with van der Waals surface area (Å²) in [5.74, 6) is -0.215. The number of amides is 1. The van der Waals surface area contributed by atoms with Crippen molar-refractivity contribution in [1.82, 2.24) is 9.29 Å². The van der Waals surface area contributed by atoms with Gasteiger partial charge in [0.25, 0.3) is 5.91 Å². The van der Waals surface area contributed by atoms with Gasteiger partial charge in [0.2, 0.25) is 10.0 Å². The van der Waals surface area contributed by atoms with Crippen LogP contribution in [0.3, 0.4) is 0 Å². The molecule has 0 spiro atoms. The van der Waals surface area contributed by atoms with Crippen LogP contribution in [0.2, 0.25) is 0 Å². The Bertz CT molecular complexity index is 1330. The van der Waals surface area contributed by atoms with E-state index >= 15 is 0 Å². The second kappa shape index (κ2) is 10.9. The molecule has 2 aliphatic rings. The minimum Gasteiger partial charge on any atom is -0.376 e. The fourth-order valence-corrected chi connectivity index (χ4v) is 7.92. The summed E-state index contributed by atoms with van der Waals surface area (Å²) in [7, 11) is -1.95. The van der Waals surface area contributed by atoms with Gasteiger partial charge in [-0.15, -0.1) is 0 Å². The highest BCUT2D eigenvalue weighted by Gasteiger charge is 2.30. The lowest BCUT2D eigenvalue weighted by molar-refractivity contribution is 0.0917. The van der Waals surface area contributed by atoms with E-state index in [-0.39, 0.29) is 22.9 Å². The van der Waals surface area contributed by atoms with Crippen molar-refractivity contribution in [2.24, 2.45) is 0 Å². The van der Waals surface area contributed by atoms with Crippen LogP contribution in [-0.4, -0.2) is 56.0 Å². The Morgan fingerprint density at radius 3 is 2.53 bits per heavy atom. The molecule has 2 heterocycles. The minimum atomic E-state index is -3.62. The van der Waals surface area contributed by atoms with Crippen molar-refractivity contribution in [2.45, 2.75) is 62.0 Å². The summed E-state index contributed by atoms with van der Waals surface area (Å²) in [5.41, 5.74) is 1.25. The van der Waals surface area contributed by atoms with Gasteiger partial charge < -0.3 is 4.74 Å². The van der Waals surface area contributed by atoms with E-state index in [0.29, 0.717) is 23.8 Å². The number of hydrogen-bond acceptors (Lipinski definition) is 6. The van der Waals surface area contributed by atoms with Gasteiger partial charge in [0, 0.05) is 29.7 Å². The Labute approximate surface area is 224 Å². The normalized spacial score (nSPS) is 19.2. The van der Waals surface area contributed by atoms with Crippen LogP contribution in [0.5, 0.6) is 0 Å². The molecule has 10 heteroatoms. The van der Waals surface area contributed by atoms with Crippen LogP contribution in [0.25, 0.3) is 10.2 Å². The van der Waals surface area contributed by atoms with Gasteiger partial charge in [-0.1, -0.05) is 46.5 Å². The summed E-state index contributed by atoms with van der Waals surface area (Å²) in [6.07, 6.45) is 6.88. The van der Waals surface area contributed by atoms with Crippen molar-refractivity contribution in [2.75, 3.05) is 25.1 Å². The minimum absolute atomic E-state index is 0.0334. The zero-order valence-corrected chi connectivity index (χ0v) is 23.4. The van der Waals surface area contributed by atoms with E-state index in [1.54, 1.807) is 36.2 Å². The molecule has 1 atom stereocenters. The topological polar surface area (TPSA) is 79.8 Å².